The standard InChI is InChI=1S/C9H11BrO3S/c1-5(2)9(13,8(11)12)7-3-6(10)4-14-7/h3-5,13H,1-2H3,(H,11,12). The maximum absolute atomic E-state index is 11.0. The minimum Gasteiger partial charge on any atom is -0.479 e. The molecule has 2 N–H and O–H groups in total. The third-order valence-electron chi connectivity index (χ3n) is 2.10. The predicted octanol–water partition coefficient (Wildman–Crippen LogP) is 2.44. The highest BCUT2D eigenvalue weighted by Gasteiger charge is 2.42. The van der Waals surface area contributed by atoms with Gasteiger partial charge in [0.2, 0.25) is 0 Å². The highest BCUT2D eigenvalue weighted by molar-refractivity contribution is 9.10. The molecule has 0 aliphatic carbocycles. The Hall–Kier alpha value is -0.390. The van der Waals surface area contributed by atoms with Crippen LogP contribution in [-0.2, 0) is 10.4 Å². The molecule has 0 aliphatic rings. The third kappa shape index (κ3) is 1.85. The Bertz CT molecular complexity index is 348. The molecule has 0 aromatic carbocycles. The van der Waals surface area contributed by atoms with E-state index in [0.717, 1.165) is 4.47 Å². The lowest BCUT2D eigenvalue weighted by Gasteiger charge is -2.25. The molecule has 0 bridgehead atoms. The molecule has 3 nitrogen and oxygen atoms in total. The molecular formula is C9H11BrO3S. The summed E-state index contributed by atoms with van der Waals surface area (Å²) < 4.78 is 0.790. The van der Waals surface area contributed by atoms with Crippen LogP contribution in [0.4, 0.5) is 0 Å². The van der Waals surface area contributed by atoms with E-state index >= 15 is 0 Å². The van der Waals surface area contributed by atoms with Crippen molar-refractivity contribution in [1.82, 2.24) is 0 Å². The molecule has 0 fully saturated rings. The molecule has 0 saturated heterocycles. The van der Waals surface area contributed by atoms with E-state index in [1.165, 1.54) is 11.3 Å². The molecule has 1 rings (SSSR count). The Kier molecular flexibility index (Phi) is 3.34. The van der Waals surface area contributed by atoms with Crippen molar-refractivity contribution in [2.45, 2.75) is 19.4 Å². The van der Waals surface area contributed by atoms with Crippen LogP contribution >= 0.6 is 27.3 Å². The second kappa shape index (κ2) is 4.00. The molecule has 0 saturated carbocycles. The fourth-order valence-electron chi connectivity index (χ4n) is 1.15. The molecule has 1 heterocycles. The number of aliphatic carboxylic acids is 1. The molecule has 14 heavy (non-hydrogen) atoms. The minimum atomic E-state index is -1.78. The van der Waals surface area contributed by atoms with E-state index in [-0.39, 0.29) is 5.92 Å². The Morgan fingerprint density at radius 1 is 1.64 bits per heavy atom. The predicted molar refractivity (Wildman–Crippen MR) is 58.4 cm³/mol. The van der Waals surface area contributed by atoms with Crippen molar-refractivity contribution in [1.29, 1.82) is 0 Å². The number of hydrogen-bond acceptors (Lipinski definition) is 3. The van der Waals surface area contributed by atoms with Gasteiger partial charge in [0.1, 0.15) is 0 Å². The lowest BCUT2D eigenvalue weighted by Crippen LogP contribution is -2.39. The van der Waals surface area contributed by atoms with E-state index in [9.17, 15) is 9.90 Å². The molecule has 0 aliphatic heterocycles. The van der Waals surface area contributed by atoms with Gasteiger partial charge in [-0.3, -0.25) is 0 Å². The van der Waals surface area contributed by atoms with Crippen LogP contribution in [-0.4, -0.2) is 16.2 Å². The monoisotopic (exact) mass is 278 g/mol. The fourth-order valence-corrected chi connectivity index (χ4v) is 2.82. The molecule has 0 radical (unpaired) electrons. The number of hydrogen-bond donors (Lipinski definition) is 2. The topological polar surface area (TPSA) is 57.5 Å². The summed E-state index contributed by atoms with van der Waals surface area (Å²) in [4.78, 5) is 11.5. The maximum atomic E-state index is 11.0. The fraction of sp³-hybridized carbons (Fsp3) is 0.444. The van der Waals surface area contributed by atoms with Gasteiger partial charge in [0.15, 0.2) is 5.60 Å². The van der Waals surface area contributed by atoms with E-state index in [1.807, 2.05) is 0 Å². The highest BCUT2D eigenvalue weighted by atomic mass is 79.9. The van der Waals surface area contributed by atoms with Gasteiger partial charge in [-0.25, -0.2) is 4.79 Å². The number of aliphatic hydroxyl groups is 1. The average Bonchev–Trinajstić information content (AvgIpc) is 2.49. The normalized spacial score (nSPS) is 15.5. The Morgan fingerprint density at radius 3 is 2.50 bits per heavy atom. The number of carboxylic acids is 1. The van der Waals surface area contributed by atoms with Gasteiger partial charge in [-0.05, 0) is 27.9 Å². The molecular weight excluding hydrogens is 268 g/mol. The van der Waals surface area contributed by atoms with Crippen LogP contribution in [0.25, 0.3) is 0 Å². The quantitative estimate of drug-likeness (QED) is 0.893. The number of carbonyl (C=O) groups is 1. The van der Waals surface area contributed by atoms with Gasteiger partial charge in [-0.15, -0.1) is 11.3 Å². The number of thiophene rings is 1. The molecule has 1 atom stereocenters. The van der Waals surface area contributed by atoms with Gasteiger partial charge >= 0.3 is 5.97 Å². The molecule has 0 amide bonds. The zero-order valence-corrected chi connectivity index (χ0v) is 10.2. The van der Waals surface area contributed by atoms with Gasteiger partial charge in [0, 0.05) is 14.7 Å². The van der Waals surface area contributed by atoms with E-state index in [2.05, 4.69) is 15.9 Å². The van der Waals surface area contributed by atoms with Gasteiger partial charge < -0.3 is 10.2 Å². The van der Waals surface area contributed by atoms with Crippen molar-refractivity contribution in [3.8, 4) is 0 Å². The highest BCUT2D eigenvalue weighted by Crippen LogP contribution is 2.35. The lowest BCUT2D eigenvalue weighted by molar-refractivity contribution is -0.164. The zero-order chi connectivity index (χ0) is 10.9. The van der Waals surface area contributed by atoms with E-state index in [4.69, 9.17) is 5.11 Å². The number of carboxylic acid groups (broad SMARTS) is 1. The van der Waals surface area contributed by atoms with E-state index in [0.29, 0.717) is 4.88 Å². The van der Waals surface area contributed by atoms with Gasteiger partial charge in [0.05, 0.1) is 0 Å². The first kappa shape index (κ1) is 11.7. The van der Waals surface area contributed by atoms with Crippen LogP contribution in [0.5, 0.6) is 0 Å². The Morgan fingerprint density at radius 2 is 2.21 bits per heavy atom. The average molecular weight is 279 g/mol. The van der Waals surface area contributed by atoms with Crippen molar-refractivity contribution < 1.29 is 15.0 Å². The third-order valence-corrected chi connectivity index (χ3v) is 3.92. The first-order chi connectivity index (χ1) is 6.39. The second-order valence-electron chi connectivity index (χ2n) is 3.36. The van der Waals surface area contributed by atoms with Gasteiger partial charge in [0.25, 0.3) is 0 Å². The summed E-state index contributed by atoms with van der Waals surface area (Å²) in [6, 6.07) is 1.64. The van der Waals surface area contributed by atoms with Crippen molar-refractivity contribution in [3.63, 3.8) is 0 Å². The SMILES string of the molecule is CC(C)C(O)(C(=O)O)c1cc(Br)cs1. The van der Waals surface area contributed by atoms with Gasteiger partial charge in [-0.2, -0.15) is 0 Å². The summed E-state index contributed by atoms with van der Waals surface area (Å²) in [5, 5.41) is 20.8. The number of halogens is 1. The second-order valence-corrected chi connectivity index (χ2v) is 5.18. The summed E-state index contributed by atoms with van der Waals surface area (Å²) in [7, 11) is 0. The molecule has 1 aromatic rings. The summed E-state index contributed by atoms with van der Waals surface area (Å²) >= 11 is 4.46. The maximum Gasteiger partial charge on any atom is 0.341 e. The number of rotatable bonds is 3. The minimum absolute atomic E-state index is 0.370. The smallest absolute Gasteiger partial charge is 0.341 e. The molecule has 0 spiro atoms. The van der Waals surface area contributed by atoms with Gasteiger partial charge in [-0.1, -0.05) is 13.8 Å². The zero-order valence-electron chi connectivity index (χ0n) is 7.82. The van der Waals surface area contributed by atoms with Crippen LogP contribution < -0.4 is 0 Å². The van der Waals surface area contributed by atoms with Crippen molar-refractivity contribution >= 4 is 33.2 Å². The Balaban J connectivity index is 3.19. The van der Waals surface area contributed by atoms with Crippen LogP contribution in [0, 0.1) is 5.92 Å². The van der Waals surface area contributed by atoms with Crippen LogP contribution in [0.15, 0.2) is 15.9 Å². The largest absolute Gasteiger partial charge is 0.479 e. The van der Waals surface area contributed by atoms with Crippen LogP contribution in [0.1, 0.15) is 18.7 Å². The van der Waals surface area contributed by atoms with Crippen molar-refractivity contribution in [2.24, 2.45) is 5.92 Å². The summed E-state index contributed by atoms with van der Waals surface area (Å²) in [5.74, 6) is -1.58. The first-order valence-electron chi connectivity index (χ1n) is 4.09. The summed E-state index contributed by atoms with van der Waals surface area (Å²) in [6.07, 6.45) is 0. The van der Waals surface area contributed by atoms with Crippen molar-refractivity contribution in [2.75, 3.05) is 0 Å². The molecule has 5 heteroatoms. The molecule has 1 aromatic heterocycles. The lowest BCUT2D eigenvalue weighted by atomic mass is 9.89. The van der Waals surface area contributed by atoms with E-state index < -0.39 is 11.6 Å². The first-order valence-corrected chi connectivity index (χ1v) is 5.76. The molecule has 1 unspecified atom stereocenters. The van der Waals surface area contributed by atoms with Crippen LogP contribution in [0.3, 0.4) is 0 Å². The van der Waals surface area contributed by atoms with Crippen molar-refractivity contribution in [3.05, 3.63) is 20.8 Å². The Labute approximate surface area is 94.5 Å². The van der Waals surface area contributed by atoms with Crippen LogP contribution in [0.2, 0.25) is 0 Å². The summed E-state index contributed by atoms with van der Waals surface area (Å²) in [6.45, 7) is 3.36. The summed E-state index contributed by atoms with van der Waals surface area (Å²) in [5.41, 5.74) is -1.78. The molecule has 78 valence electrons. The van der Waals surface area contributed by atoms with E-state index in [1.54, 1.807) is 25.3 Å².